The standard InChI is InChI=1S/C13H20N4O2/c1-3-16(4-2)13-14-6-5-11(15-13)12(18)17-7-9-19-10-8-17/h5-6H,3-4,7-10H2,1-2H3. The number of carbonyl (C=O) groups is 1. The van der Waals surface area contributed by atoms with Crippen LogP contribution in [0.1, 0.15) is 24.3 Å². The summed E-state index contributed by atoms with van der Waals surface area (Å²) in [6.45, 7) is 8.19. The van der Waals surface area contributed by atoms with Crippen molar-refractivity contribution in [3.05, 3.63) is 18.0 Å². The van der Waals surface area contributed by atoms with Crippen LogP contribution in [-0.2, 0) is 4.74 Å². The maximum atomic E-state index is 12.3. The van der Waals surface area contributed by atoms with Crippen LogP contribution < -0.4 is 4.90 Å². The summed E-state index contributed by atoms with van der Waals surface area (Å²) in [5.41, 5.74) is 0.457. The Bertz CT molecular complexity index is 428. The van der Waals surface area contributed by atoms with Crippen molar-refractivity contribution in [3.63, 3.8) is 0 Å². The number of morpholine rings is 1. The number of carbonyl (C=O) groups excluding carboxylic acids is 1. The fourth-order valence-corrected chi connectivity index (χ4v) is 2.05. The first-order chi connectivity index (χ1) is 9.26. The second-order valence-electron chi connectivity index (χ2n) is 4.32. The number of hydrogen-bond donors (Lipinski definition) is 0. The maximum absolute atomic E-state index is 12.3. The summed E-state index contributed by atoms with van der Waals surface area (Å²) in [7, 11) is 0. The molecule has 0 saturated carbocycles. The Kier molecular flexibility index (Phi) is 4.68. The van der Waals surface area contributed by atoms with Gasteiger partial charge in [0.15, 0.2) is 0 Å². The van der Waals surface area contributed by atoms with Crippen LogP contribution in [0.3, 0.4) is 0 Å². The van der Waals surface area contributed by atoms with Crippen LogP contribution in [0.15, 0.2) is 12.3 Å². The van der Waals surface area contributed by atoms with Crippen LogP contribution in [0.25, 0.3) is 0 Å². The van der Waals surface area contributed by atoms with Gasteiger partial charge in [-0.2, -0.15) is 0 Å². The molecular weight excluding hydrogens is 244 g/mol. The van der Waals surface area contributed by atoms with Gasteiger partial charge in [-0.1, -0.05) is 0 Å². The van der Waals surface area contributed by atoms with Gasteiger partial charge < -0.3 is 14.5 Å². The van der Waals surface area contributed by atoms with Gasteiger partial charge in [0.05, 0.1) is 13.2 Å². The molecule has 104 valence electrons. The Balaban J connectivity index is 2.15. The zero-order valence-electron chi connectivity index (χ0n) is 11.5. The van der Waals surface area contributed by atoms with E-state index in [1.807, 2.05) is 18.7 Å². The maximum Gasteiger partial charge on any atom is 0.272 e. The predicted octanol–water partition coefficient (Wildman–Crippen LogP) is 0.795. The molecule has 0 spiro atoms. The van der Waals surface area contributed by atoms with Crippen LogP contribution in [0.5, 0.6) is 0 Å². The molecule has 1 saturated heterocycles. The molecule has 19 heavy (non-hydrogen) atoms. The number of ether oxygens (including phenoxy) is 1. The molecule has 0 N–H and O–H groups in total. The van der Waals surface area contributed by atoms with Gasteiger partial charge in [-0.25, -0.2) is 9.97 Å². The molecule has 1 amide bonds. The Morgan fingerprint density at radius 1 is 1.37 bits per heavy atom. The number of anilines is 1. The van der Waals surface area contributed by atoms with Crippen molar-refractivity contribution in [1.29, 1.82) is 0 Å². The van der Waals surface area contributed by atoms with Gasteiger partial charge >= 0.3 is 0 Å². The van der Waals surface area contributed by atoms with Crippen molar-refractivity contribution in [2.24, 2.45) is 0 Å². The van der Waals surface area contributed by atoms with Crippen molar-refractivity contribution in [2.45, 2.75) is 13.8 Å². The fraction of sp³-hybridized carbons (Fsp3) is 0.615. The molecule has 1 aliphatic rings. The summed E-state index contributed by atoms with van der Waals surface area (Å²) in [6, 6.07) is 1.67. The van der Waals surface area contributed by atoms with Gasteiger partial charge in [0.25, 0.3) is 5.91 Å². The number of amides is 1. The average Bonchev–Trinajstić information content (AvgIpc) is 2.49. The molecule has 0 radical (unpaired) electrons. The summed E-state index contributed by atoms with van der Waals surface area (Å²) in [5, 5.41) is 0. The molecular formula is C13H20N4O2. The van der Waals surface area contributed by atoms with E-state index in [0.29, 0.717) is 37.9 Å². The van der Waals surface area contributed by atoms with E-state index in [4.69, 9.17) is 4.74 Å². The first kappa shape index (κ1) is 13.7. The van der Waals surface area contributed by atoms with Crippen molar-refractivity contribution < 1.29 is 9.53 Å². The lowest BCUT2D eigenvalue weighted by atomic mass is 10.3. The van der Waals surface area contributed by atoms with Crippen LogP contribution >= 0.6 is 0 Å². The minimum Gasteiger partial charge on any atom is -0.378 e. The molecule has 0 unspecified atom stereocenters. The van der Waals surface area contributed by atoms with Crippen LogP contribution in [0.2, 0.25) is 0 Å². The minimum absolute atomic E-state index is 0.0425. The second kappa shape index (κ2) is 6.47. The zero-order valence-corrected chi connectivity index (χ0v) is 11.5. The van der Waals surface area contributed by atoms with Crippen molar-refractivity contribution in [1.82, 2.24) is 14.9 Å². The topological polar surface area (TPSA) is 58.6 Å². The van der Waals surface area contributed by atoms with Crippen LogP contribution in [-0.4, -0.2) is 60.2 Å². The van der Waals surface area contributed by atoms with E-state index in [9.17, 15) is 4.79 Å². The molecule has 0 aliphatic carbocycles. The van der Waals surface area contributed by atoms with E-state index in [2.05, 4.69) is 9.97 Å². The molecule has 2 rings (SSSR count). The third-order valence-electron chi connectivity index (χ3n) is 3.21. The van der Waals surface area contributed by atoms with E-state index >= 15 is 0 Å². The van der Waals surface area contributed by atoms with E-state index < -0.39 is 0 Å². The van der Waals surface area contributed by atoms with Crippen LogP contribution in [0.4, 0.5) is 5.95 Å². The molecule has 2 heterocycles. The summed E-state index contributed by atoms with van der Waals surface area (Å²) in [6.07, 6.45) is 1.65. The molecule has 0 aromatic carbocycles. The van der Waals surface area contributed by atoms with Crippen molar-refractivity contribution in [3.8, 4) is 0 Å². The second-order valence-corrected chi connectivity index (χ2v) is 4.32. The van der Waals surface area contributed by atoms with Gasteiger partial charge in [-0.3, -0.25) is 4.79 Å². The Morgan fingerprint density at radius 2 is 2.05 bits per heavy atom. The van der Waals surface area contributed by atoms with E-state index in [-0.39, 0.29) is 5.91 Å². The summed E-state index contributed by atoms with van der Waals surface area (Å²) < 4.78 is 5.25. The SMILES string of the molecule is CCN(CC)c1nccc(C(=O)N2CCOCC2)n1. The molecule has 1 aromatic rings. The third-order valence-corrected chi connectivity index (χ3v) is 3.21. The van der Waals surface area contributed by atoms with Crippen molar-refractivity contribution in [2.75, 3.05) is 44.3 Å². The minimum atomic E-state index is -0.0425. The molecule has 0 atom stereocenters. The number of nitrogens with zero attached hydrogens (tertiary/aromatic N) is 4. The number of aromatic nitrogens is 2. The summed E-state index contributed by atoms with van der Waals surface area (Å²) in [4.78, 5) is 24.7. The molecule has 6 heteroatoms. The third kappa shape index (κ3) is 3.20. The highest BCUT2D eigenvalue weighted by atomic mass is 16.5. The quantitative estimate of drug-likeness (QED) is 0.805. The average molecular weight is 264 g/mol. The lowest BCUT2D eigenvalue weighted by Gasteiger charge is -2.26. The monoisotopic (exact) mass is 264 g/mol. The van der Waals surface area contributed by atoms with E-state index in [1.165, 1.54) is 0 Å². The highest BCUT2D eigenvalue weighted by Crippen LogP contribution is 2.10. The van der Waals surface area contributed by atoms with Gasteiger partial charge in [0, 0.05) is 32.4 Å². The highest BCUT2D eigenvalue weighted by molar-refractivity contribution is 5.92. The number of hydrogen-bond acceptors (Lipinski definition) is 5. The lowest BCUT2D eigenvalue weighted by Crippen LogP contribution is -2.41. The smallest absolute Gasteiger partial charge is 0.272 e. The lowest BCUT2D eigenvalue weighted by molar-refractivity contribution is 0.0299. The largest absolute Gasteiger partial charge is 0.378 e. The highest BCUT2D eigenvalue weighted by Gasteiger charge is 2.20. The normalized spacial score (nSPS) is 15.4. The first-order valence-electron chi connectivity index (χ1n) is 6.71. The fourth-order valence-electron chi connectivity index (χ4n) is 2.05. The van der Waals surface area contributed by atoms with Gasteiger partial charge in [0.2, 0.25) is 5.95 Å². The predicted molar refractivity (Wildman–Crippen MR) is 72.3 cm³/mol. The van der Waals surface area contributed by atoms with Crippen molar-refractivity contribution >= 4 is 11.9 Å². The van der Waals surface area contributed by atoms with E-state index in [1.54, 1.807) is 17.2 Å². The summed E-state index contributed by atoms with van der Waals surface area (Å²) in [5.74, 6) is 0.572. The Hall–Kier alpha value is -1.69. The Labute approximate surface area is 113 Å². The zero-order chi connectivity index (χ0) is 13.7. The van der Waals surface area contributed by atoms with Crippen LogP contribution in [0, 0.1) is 0 Å². The molecule has 0 bridgehead atoms. The first-order valence-corrected chi connectivity index (χ1v) is 6.71. The van der Waals surface area contributed by atoms with Gasteiger partial charge in [-0.05, 0) is 19.9 Å². The van der Waals surface area contributed by atoms with Gasteiger partial charge in [-0.15, -0.1) is 0 Å². The molecule has 1 aromatic heterocycles. The van der Waals surface area contributed by atoms with E-state index in [0.717, 1.165) is 13.1 Å². The molecule has 1 fully saturated rings. The molecule has 1 aliphatic heterocycles. The van der Waals surface area contributed by atoms with Gasteiger partial charge in [0.1, 0.15) is 5.69 Å². The Morgan fingerprint density at radius 3 is 2.68 bits per heavy atom. The molecule has 6 nitrogen and oxygen atoms in total. The summed E-state index contributed by atoms with van der Waals surface area (Å²) >= 11 is 0. The number of rotatable bonds is 4.